The number of carboxylic acid groups (broad SMARTS) is 1. The van der Waals surface area contributed by atoms with Crippen molar-refractivity contribution >= 4 is 29.5 Å². The molecule has 0 atom stereocenters. The first-order valence-electron chi connectivity index (χ1n) is 7.71. The molecule has 0 unspecified atom stereocenters. The summed E-state index contributed by atoms with van der Waals surface area (Å²) in [6.07, 6.45) is 4.20. The molecule has 2 heterocycles. The number of hydrogen-bond donors (Lipinski definition) is 2. The lowest BCUT2D eigenvalue weighted by molar-refractivity contribution is -0.140. The fraction of sp³-hybridized carbons (Fsp3) is 0.294. The molecule has 0 aliphatic carbocycles. The number of carbonyl (C=O) groups excluding carboxylic acids is 1. The van der Waals surface area contributed by atoms with E-state index in [1.165, 1.54) is 17.0 Å². The third kappa shape index (κ3) is 3.34. The average molecular weight is 327 g/mol. The van der Waals surface area contributed by atoms with Crippen LogP contribution in [0, 0.1) is 0 Å². The average Bonchev–Trinajstić information content (AvgIpc) is 2.87. The fourth-order valence-electron chi connectivity index (χ4n) is 2.66. The molecule has 1 aromatic rings. The molecular formula is C17H17N3O4. The summed E-state index contributed by atoms with van der Waals surface area (Å²) in [4.78, 5) is 33.5. The highest BCUT2D eigenvalue weighted by molar-refractivity contribution is 6.47. The quantitative estimate of drug-likeness (QED) is 0.821. The highest BCUT2D eigenvalue weighted by Crippen LogP contribution is 2.22. The van der Waals surface area contributed by atoms with Crippen LogP contribution >= 0.6 is 0 Å². The summed E-state index contributed by atoms with van der Waals surface area (Å²) in [7, 11) is 0. The molecule has 3 rings (SSSR count). The number of rotatable bonds is 4. The summed E-state index contributed by atoms with van der Waals surface area (Å²) in [5.41, 5.74) is 1.55. The van der Waals surface area contributed by atoms with E-state index in [4.69, 9.17) is 5.11 Å². The third-order valence-corrected chi connectivity index (χ3v) is 3.82. The van der Waals surface area contributed by atoms with Crippen molar-refractivity contribution in [3.8, 4) is 5.75 Å². The molecule has 0 bridgehead atoms. The Bertz CT molecular complexity index is 763. The van der Waals surface area contributed by atoms with Crippen molar-refractivity contribution in [3.63, 3.8) is 0 Å². The Hall–Kier alpha value is -2.96. The van der Waals surface area contributed by atoms with Crippen molar-refractivity contribution in [2.45, 2.75) is 19.3 Å². The van der Waals surface area contributed by atoms with Gasteiger partial charge >= 0.3 is 5.97 Å². The Balaban J connectivity index is 1.96. The van der Waals surface area contributed by atoms with Gasteiger partial charge in [0.2, 0.25) is 0 Å². The van der Waals surface area contributed by atoms with Crippen LogP contribution in [0.5, 0.6) is 5.75 Å². The van der Waals surface area contributed by atoms with Crippen LogP contribution in [0.4, 0.5) is 0 Å². The van der Waals surface area contributed by atoms with Crippen LogP contribution in [-0.2, 0) is 9.59 Å². The molecule has 7 heteroatoms. The number of nitrogens with zero attached hydrogens (tertiary/aromatic N) is 3. The minimum absolute atomic E-state index is 0.128. The Labute approximate surface area is 138 Å². The van der Waals surface area contributed by atoms with E-state index >= 15 is 0 Å². The molecule has 7 nitrogen and oxygen atoms in total. The van der Waals surface area contributed by atoms with Crippen LogP contribution < -0.4 is 0 Å². The predicted molar refractivity (Wildman–Crippen MR) is 89.0 cm³/mol. The zero-order valence-electron chi connectivity index (χ0n) is 13.0. The molecule has 0 fully saturated rings. The molecule has 1 amide bonds. The van der Waals surface area contributed by atoms with E-state index in [2.05, 4.69) is 9.98 Å². The number of carbonyl (C=O) groups is 2. The number of amides is 1. The zero-order chi connectivity index (χ0) is 17.1. The number of phenolic OH excluding ortho intramolecular Hbond substituents is 1. The third-order valence-electron chi connectivity index (χ3n) is 3.82. The largest absolute Gasteiger partial charge is 0.508 e. The summed E-state index contributed by atoms with van der Waals surface area (Å²) in [5.74, 6) is -1.08. The van der Waals surface area contributed by atoms with Crippen LogP contribution in [0.25, 0.3) is 6.08 Å². The molecular weight excluding hydrogens is 310 g/mol. The van der Waals surface area contributed by atoms with E-state index in [1.807, 2.05) is 0 Å². The van der Waals surface area contributed by atoms with Crippen LogP contribution in [0.15, 0.2) is 39.9 Å². The Morgan fingerprint density at radius 2 is 2.00 bits per heavy atom. The SMILES string of the molecule is O=C(O)CN1C(=O)/C(=C/c2ccc(O)cc2)N=C1C1=NCCCC1. The number of aliphatic carboxylic acids is 1. The number of phenols is 1. The molecule has 2 N–H and O–H groups in total. The van der Waals surface area contributed by atoms with Gasteiger partial charge in [-0.15, -0.1) is 0 Å². The fourth-order valence-corrected chi connectivity index (χ4v) is 2.66. The maximum Gasteiger partial charge on any atom is 0.323 e. The highest BCUT2D eigenvalue weighted by atomic mass is 16.4. The van der Waals surface area contributed by atoms with Gasteiger partial charge in [0.1, 0.15) is 18.0 Å². The molecule has 0 saturated heterocycles. The van der Waals surface area contributed by atoms with Crippen molar-refractivity contribution in [2.24, 2.45) is 9.98 Å². The van der Waals surface area contributed by atoms with Gasteiger partial charge in [-0.2, -0.15) is 0 Å². The van der Waals surface area contributed by atoms with Crippen molar-refractivity contribution in [2.75, 3.05) is 13.1 Å². The van der Waals surface area contributed by atoms with Gasteiger partial charge in [-0.05, 0) is 43.0 Å². The number of hydrogen-bond acceptors (Lipinski definition) is 5. The maximum absolute atomic E-state index is 12.5. The Kier molecular flexibility index (Phi) is 4.41. The molecule has 24 heavy (non-hydrogen) atoms. The van der Waals surface area contributed by atoms with Crippen LogP contribution in [0.2, 0.25) is 0 Å². The molecule has 0 aromatic heterocycles. The van der Waals surface area contributed by atoms with Crippen molar-refractivity contribution in [1.29, 1.82) is 0 Å². The molecule has 2 aliphatic rings. The van der Waals surface area contributed by atoms with Crippen molar-refractivity contribution < 1.29 is 19.8 Å². The number of amidine groups is 1. The van der Waals surface area contributed by atoms with Crippen LogP contribution in [-0.4, -0.2) is 51.6 Å². The van der Waals surface area contributed by atoms with Gasteiger partial charge in [-0.3, -0.25) is 19.5 Å². The zero-order valence-corrected chi connectivity index (χ0v) is 13.0. The second-order valence-corrected chi connectivity index (χ2v) is 5.63. The van der Waals surface area contributed by atoms with Crippen molar-refractivity contribution in [1.82, 2.24) is 4.90 Å². The van der Waals surface area contributed by atoms with E-state index < -0.39 is 18.4 Å². The van der Waals surface area contributed by atoms with Gasteiger partial charge in [0.25, 0.3) is 5.91 Å². The molecule has 2 aliphatic heterocycles. The first kappa shape index (κ1) is 15.9. The lowest BCUT2D eigenvalue weighted by Crippen LogP contribution is -2.41. The summed E-state index contributed by atoms with van der Waals surface area (Å²) in [6, 6.07) is 6.33. The molecule has 0 saturated carbocycles. The number of aliphatic imine (C=N–C) groups is 2. The number of benzene rings is 1. The normalized spacial score (nSPS) is 19.4. The number of carboxylic acids is 1. The highest BCUT2D eigenvalue weighted by Gasteiger charge is 2.34. The van der Waals surface area contributed by atoms with E-state index in [-0.39, 0.29) is 11.4 Å². The summed E-state index contributed by atoms with van der Waals surface area (Å²) >= 11 is 0. The van der Waals surface area contributed by atoms with Gasteiger partial charge in [0.05, 0.1) is 5.71 Å². The summed E-state index contributed by atoms with van der Waals surface area (Å²) < 4.78 is 0. The monoisotopic (exact) mass is 327 g/mol. The lowest BCUT2D eigenvalue weighted by Gasteiger charge is -2.19. The second kappa shape index (κ2) is 6.66. The first-order chi connectivity index (χ1) is 11.5. The molecule has 1 aromatic carbocycles. The predicted octanol–water partition coefficient (Wildman–Crippen LogP) is 1.68. The lowest BCUT2D eigenvalue weighted by atomic mass is 10.1. The standard InChI is InChI=1S/C17H17N3O4/c21-12-6-4-11(5-7-12)9-14-17(24)20(10-15(22)23)16(19-14)13-3-1-2-8-18-13/h4-7,9,21H,1-3,8,10H2,(H,22,23)/b14-9-. The first-order valence-corrected chi connectivity index (χ1v) is 7.71. The minimum atomic E-state index is -1.10. The summed E-state index contributed by atoms with van der Waals surface area (Å²) in [6.45, 7) is 0.226. The Morgan fingerprint density at radius 1 is 1.25 bits per heavy atom. The van der Waals surface area contributed by atoms with Gasteiger partial charge in [-0.1, -0.05) is 12.1 Å². The van der Waals surface area contributed by atoms with E-state index in [1.54, 1.807) is 18.2 Å². The van der Waals surface area contributed by atoms with Crippen LogP contribution in [0.1, 0.15) is 24.8 Å². The number of aromatic hydroxyl groups is 1. The Morgan fingerprint density at radius 3 is 2.62 bits per heavy atom. The van der Waals surface area contributed by atoms with Crippen LogP contribution in [0.3, 0.4) is 0 Å². The van der Waals surface area contributed by atoms with E-state index in [9.17, 15) is 14.7 Å². The van der Waals surface area contributed by atoms with E-state index in [0.717, 1.165) is 12.8 Å². The molecule has 0 spiro atoms. The molecule has 0 radical (unpaired) electrons. The maximum atomic E-state index is 12.5. The van der Waals surface area contributed by atoms with Gasteiger partial charge in [-0.25, -0.2) is 4.99 Å². The second-order valence-electron chi connectivity index (χ2n) is 5.63. The van der Waals surface area contributed by atoms with Crippen molar-refractivity contribution in [3.05, 3.63) is 35.5 Å². The molecule has 124 valence electrons. The summed E-state index contributed by atoms with van der Waals surface area (Å²) in [5, 5.41) is 18.4. The smallest absolute Gasteiger partial charge is 0.323 e. The van der Waals surface area contributed by atoms with Gasteiger partial charge < -0.3 is 10.2 Å². The van der Waals surface area contributed by atoms with Gasteiger partial charge in [0.15, 0.2) is 5.84 Å². The topological polar surface area (TPSA) is 103 Å². The van der Waals surface area contributed by atoms with E-state index in [0.29, 0.717) is 30.1 Å². The minimum Gasteiger partial charge on any atom is -0.508 e. The van der Waals surface area contributed by atoms with Gasteiger partial charge in [0, 0.05) is 6.54 Å².